The summed E-state index contributed by atoms with van der Waals surface area (Å²) in [6.45, 7) is 11.6. The molecule has 6 heteroatoms. The first-order valence-electron chi connectivity index (χ1n) is 9.28. The molecule has 1 atom stereocenters. The zero-order chi connectivity index (χ0) is 19.3. The van der Waals surface area contributed by atoms with Gasteiger partial charge < -0.3 is 20.1 Å². The number of hydrogen-bond acceptors (Lipinski definition) is 4. The quantitative estimate of drug-likeness (QED) is 0.792. The molecule has 1 heterocycles. The highest BCUT2D eigenvalue weighted by Crippen LogP contribution is 2.29. The van der Waals surface area contributed by atoms with Gasteiger partial charge in [0.05, 0.1) is 11.6 Å². The number of carbonyl (C=O) groups excluding carboxylic acids is 1. The van der Waals surface area contributed by atoms with Crippen molar-refractivity contribution in [3.05, 3.63) is 28.8 Å². The highest BCUT2D eigenvalue weighted by Gasteiger charge is 2.24. The summed E-state index contributed by atoms with van der Waals surface area (Å²) < 4.78 is 6.07. The van der Waals surface area contributed by atoms with Crippen LogP contribution in [0.15, 0.2) is 18.2 Å². The van der Waals surface area contributed by atoms with E-state index in [4.69, 9.17) is 21.4 Å². The summed E-state index contributed by atoms with van der Waals surface area (Å²) in [5, 5.41) is 12.2. The molecule has 0 spiro atoms. The lowest BCUT2D eigenvalue weighted by atomic mass is 9.94. The van der Waals surface area contributed by atoms with E-state index in [9.17, 15) is 4.79 Å². The zero-order valence-electron chi connectivity index (χ0n) is 16.2. The van der Waals surface area contributed by atoms with Crippen LogP contribution in [0.3, 0.4) is 0 Å². The second-order valence-corrected chi connectivity index (χ2v) is 8.76. The summed E-state index contributed by atoms with van der Waals surface area (Å²) in [5.74, 6) is 0.364. The molecule has 1 saturated heterocycles. The van der Waals surface area contributed by atoms with Gasteiger partial charge in [-0.3, -0.25) is 4.79 Å². The average Bonchev–Trinajstić information content (AvgIpc) is 2.56. The molecule has 146 valence electrons. The summed E-state index contributed by atoms with van der Waals surface area (Å²) in [4.78, 5) is 14.6. The van der Waals surface area contributed by atoms with E-state index in [0.29, 0.717) is 21.8 Å². The van der Waals surface area contributed by atoms with Crippen LogP contribution in [0.25, 0.3) is 0 Å². The van der Waals surface area contributed by atoms with Gasteiger partial charge in [-0.2, -0.15) is 0 Å². The van der Waals surface area contributed by atoms with E-state index in [2.05, 4.69) is 31.0 Å². The molecule has 0 saturated carbocycles. The third-order valence-corrected chi connectivity index (χ3v) is 4.67. The van der Waals surface area contributed by atoms with Crippen LogP contribution in [0.1, 0.15) is 50.9 Å². The van der Waals surface area contributed by atoms with E-state index < -0.39 is 0 Å². The van der Waals surface area contributed by atoms with Crippen LogP contribution >= 0.6 is 11.6 Å². The minimum Gasteiger partial charge on any atom is -0.489 e. The number of ether oxygens (including phenoxy) is 1. The van der Waals surface area contributed by atoms with Crippen LogP contribution in [0.2, 0.25) is 5.02 Å². The Kier molecular flexibility index (Phi) is 7.33. The Hall–Kier alpha value is -1.30. The first kappa shape index (κ1) is 21.0. The molecule has 0 bridgehead atoms. The number of nitrogens with zero attached hydrogens (tertiary/aromatic N) is 1. The van der Waals surface area contributed by atoms with Crippen molar-refractivity contribution < 1.29 is 14.6 Å². The van der Waals surface area contributed by atoms with E-state index in [1.807, 2.05) is 0 Å². The number of halogens is 1. The third kappa shape index (κ3) is 6.45. The minimum absolute atomic E-state index is 0.103. The predicted octanol–water partition coefficient (Wildman–Crippen LogP) is 3.34. The van der Waals surface area contributed by atoms with Gasteiger partial charge in [-0.05, 0) is 43.4 Å². The van der Waals surface area contributed by atoms with Crippen molar-refractivity contribution in [2.45, 2.75) is 52.7 Å². The summed E-state index contributed by atoms with van der Waals surface area (Å²) in [7, 11) is 0. The molecule has 0 aromatic heterocycles. The molecule has 1 unspecified atom stereocenters. The van der Waals surface area contributed by atoms with Crippen molar-refractivity contribution in [2.75, 3.05) is 26.2 Å². The van der Waals surface area contributed by atoms with Gasteiger partial charge in [0.15, 0.2) is 0 Å². The second kappa shape index (κ2) is 9.07. The number of rotatable bonds is 6. The highest BCUT2D eigenvalue weighted by molar-refractivity contribution is 6.32. The molecule has 2 N–H and O–H groups in total. The maximum Gasteiger partial charge on any atom is 0.251 e. The van der Waals surface area contributed by atoms with Crippen molar-refractivity contribution >= 4 is 17.5 Å². The summed E-state index contributed by atoms with van der Waals surface area (Å²) in [5.41, 5.74) is 0.767. The topological polar surface area (TPSA) is 61.8 Å². The largest absolute Gasteiger partial charge is 0.489 e. The van der Waals surface area contributed by atoms with Crippen LogP contribution < -0.4 is 10.1 Å². The van der Waals surface area contributed by atoms with Gasteiger partial charge in [0, 0.05) is 31.2 Å². The summed E-state index contributed by atoms with van der Waals surface area (Å²) in [6.07, 6.45) is 2.10. The molecular formula is C20H31ClN2O3. The van der Waals surface area contributed by atoms with Gasteiger partial charge >= 0.3 is 0 Å². The fourth-order valence-electron chi connectivity index (χ4n) is 3.13. The van der Waals surface area contributed by atoms with E-state index in [0.717, 1.165) is 32.5 Å². The molecule has 26 heavy (non-hydrogen) atoms. The Morgan fingerprint density at radius 2 is 2.04 bits per heavy atom. The van der Waals surface area contributed by atoms with Crippen molar-refractivity contribution in [1.29, 1.82) is 0 Å². The summed E-state index contributed by atoms with van der Waals surface area (Å²) in [6, 6.07) is 4.78. The molecule has 0 aliphatic carbocycles. The molecular weight excluding hydrogens is 352 g/mol. The normalized spacial score (nSPS) is 17.8. The maximum absolute atomic E-state index is 12.1. The molecule has 5 nitrogen and oxygen atoms in total. The van der Waals surface area contributed by atoms with Crippen LogP contribution in [0.5, 0.6) is 5.75 Å². The van der Waals surface area contributed by atoms with E-state index in [-0.39, 0.29) is 24.7 Å². The van der Waals surface area contributed by atoms with Gasteiger partial charge in [0.1, 0.15) is 11.9 Å². The number of aliphatic hydroxyl groups is 1. The van der Waals surface area contributed by atoms with E-state index in [1.54, 1.807) is 25.1 Å². The molecule has 1 amide bonds. The lowest BCUT2D eigenvalue weighted by Crippen LogP contribution is -2.42. The lowest BCUT2D eigenvalue weighted by Gasteiger charge is -2.36. The van der Waals surface area contributed by atoms with Crippen molar-refractivity contribution in [1.82, 2.24) is 10.2 Å². The Morgan fingerprint density at radius 1 is 1.38 bits per heavy atom. The lowest BCUT2D eigenvalue weighted by molar-refractivity contribution is 0.0811. The summed E-state index contributed by atoms with van der Waals surface area (Å²) >= 11 is 6.31. The number of hydrogen-bond donors (Lipinski definition) is 2. The van der Waals surface area contributed by atoms with E-state index >= 15 is 0 Å². The standard InChI is InChI=1S/C20H31ClN2O3/c1-14(12-24)22-19(25)15-5-6-18(17(21)11-15)26-16-7-9-23(10-8-16)13-20(2,3)4/h5-6,11,14,16,24H,7-10,12-13H2,1-4H3,(H,22,25). The average molecular weight is 383 g/mol. The van der Waals surface area contributed by atoms with Gasteiger partial charge in [-0.15, -0.1) is 0 Å². The SMILES string of the molecule is CC(CO)NC(=O)c1ccc(OC2CCN(CC(C)(C)C)CC2)c(Cl)c1. The van der Waals surface area contributed by atoms with Crippen molar-refractivity contribution in [3.63, 3.8) is 0 Å². The fraction of sp³-hybridized carbons (Fsp3) is 0.650. The molecule has 1 aromatic rings. The number of amides is 1. The Balaban J connectivity index is 1.90. The highest BCUT2D eigenvalue weighted by atomic mass is 35.5. The number of benzene rings is 1. The number of aliphatic hydroxyl groups excluding tert-OH is 1. The van der Waals surface area contributed by atoms with Crippen molar-refractivity contribution in [3.8, 4) is 5.75 Å². The van der Waals surface area contributed by atoms with E-state index in [1.165, 1.54) is 0 Å². The maximum atomic E-state index is 12.1. The first-order valence-corrected chi connectivity index (χ1v) is 9.66. The molecule has 1 fully saturated rings. The zero-order valence-corrected chi connectivity index (χ0v) is 17.0. The molecule has 1 aliphatic rings. The van der Waals surface area contributed by atoms with Gasteiger partial charge in [0.2, 0.25) is 0 Å². The van der Waals surface area contributed by atoms with Crippen LogP contribution in [0.4, 0.5) is 0 Å². The van der Waals surface area contributed by atoms with Gasteiger partial charge in [-0.25, -0.2) is 0 Å². The second-order valence-electron chi connectivity index (χ2n) is 8.36. The fourth-order valence-corrected chi connectivity index (χ4v) is 3.35. The smallest absolute Gasteiger partial charge is 0.251 e. The van der Waals surface area contributed by atoms with Crippen LogP contribution in [-0.4, -0.2) is 54.3 Å². The predicted molar refractivity (Wildman–Crippen MR) is 105 cm³/mol. The number of likely N-dealkylation sites (tertiary alicyclic amines) is 1. The number of piperidine rings is 1. The molecule has 1 aliphatic heterocycles. The first-order chi connectivity index (χ1) is 12.2. The van der Waals surface area contributed by atoms with Crippen molar-refractivity contribution in [2.24, 2.45) is 5.41 Å². The Labute approximate surface area is 161 Å². The van der Waals surface area contributed by atoms with Crippen LogP contribution in [0, 0.1) is 5.41 Å². The van der Waals surface area contributed by atoms with Gasteiger partial charge in [0.25, 0.3) is 5.91 Å². The Bertz CT molecular complexity index is 608. The molecule has 2 rings (SSSR count). The minimum atomic E-state index is -0.296. The molecule has 0 radical (unpaired) electrons. The van der Waals surface area contributed by atoms with Gasteiger partial charge in [-0.1, -0.05) is 32.4 Å². The van der Waals surface area contributed by atoms with Crippen LogP contribution in [-0.2, 0) is 0 Å². The number of nitrogens with one attached hydrogen (secondary N) is 1. The molecule has 1 aromatic carbocycles. The third-order valence-electron chi connectivity index (χ3n) is 4.37. The number of carbonyl (C=O) groups is 1. The Morgan fingerprint density at radius 3 is 2.58 bits per heavy atom. The monoisotopic (exact) mass is 382 g/mol.